The van der Waals surface area contributed by atoms with Crippen LogP contribution in [-0.2, 0) is 9.53 Å². The van der Waals surface area contributed by atoms with Crippen molar-refractivity contribution >= 4 is 68.8 Å². The monoisotopic (exact) mass is 650 g/mol. The predicted octanol–water partition coefficient (Wildman–Crippen LogP) is 5.51. The Morgan fingerprint density at radius 1 is 1.02 bits per heavy atom. The van der Waals surface area contributed by atoms with Crippen LogP contribution in [-0.4, -0.2) is 86.2 Å². The first-order valence-corrected chi connectivity index (χ1v) is 15.1. The van der Waals surface area contributed by atoms with E-state index in [9.17, 15) is 9.59 Å². The zero-order chi connectivity index (χ0) is 31.7. The fourth-order valence-electron chi connectivity index (χ4n) is 5.52. The van der Waals surface area contributed by atoms with Crippen molar-refractivity contribution in [3.63, 3.8) is 0 Å². The Balaban J connectivity index is 1.25. The molecule has 2 saturated heterocycles. The number of carbonyl (C=O) groups is 2. The summed E-state index contributed by atoms with van der Waals surface area (Å²) in [5.41, 5.74) is 3.11. The average Bonchev–Trinajstić information content (AvgIpc) is 3.45. The van der Waals surface area contributed by atoms with Crippen LogP contribution in [0.5, 0.6) is 11.5 Å². The second-order valence-corrected chi connectivity index (χ2v) is 11.4. The first-order chi connectivity index (χ1) is 21.8. The normalized spacial score (nSPS) is 15.4. The fraction of sp³-hybridized carbons (Fsp3) is 0.281. The SMILES string of the molecule is C=CC(=O)Nc1cc(N2CCN(C3COC3)CC2)ccc1Nc1ccc2c(C(=O)c3c(Cl)c(OC)cc(OC)c3Cl)c[nH]c2n1. The van der Waals surface area contributed by atoms with Crippen molar-refractivity contribution in [3.8, 4) is 11.5 Å². The minimum absolute atomic E-state index is 0.0683. The number of pyridine rings is 1. The molecule has 0 saturated carbocycles. The minimum atomic E-state index is -0.414. The number of fused-ring (bicyclic) bond motifs is 1. The third-order valence-corrected chi connectivity index (χ3v) is 8.86. The molecule has 13 heteroatoms. The van der Waals surface area contributed by atoms with E-state index in [1.54, 1.807) is 18.3 Å². The molecule has 3 N–H and O–H groups in total. The van der Waals surface area contributed by atoms with Gasteiger partial charge < -0.3 is 34.7 Å². The summed E-state index contributed by atoms with van der Waals surface area (Å²) in [6.45, 7) is 8.86. The van der Waals surface area contributed by atoms with E-state index < -0.39 is 5.78 Å². The highest BCUT2D eigenvalue weighted by Gasteiger charge is 2.29. The van der Waals surface area contributed by atoms with Crippen LogP contribution in [0.1, 0.15) is 15.9 Å². The van der Waals surface area contributed by atoms with Gasteiger partial charge in [0.1, 0.15) is 23.0 Å². The number of carbonyl (C=O) groups excluding carboxylic acids is 2. The number of halogens is 2. The summed E-state index contributed by atoms with van der Waals surface area (Å²) < 4.78 is 16.0. The molecule has 0 aliphatic carbocycles. The smallest absolute Gasteiger partial charge is 0.247 e. The number of methoxy groups -OCH3 is 2. The highest BCUT2D eigenvalue weighted by molar-refractivity contribution is 6.43. The van der Waals surface area contributed by atoms with Crippen molar-refractivity contribution < 1.29 is 23.8 Å². The number of benzene rings is 2. The molecule has 2 aromatic carbocycles. The summed E-state index contributed by atoms with van der Waals surface area (Å²) in [5.74, 6) is 0.292. The van der Waals surface area contributed by atoms with Crippen molar-refractivity contribution in [2.45, 2.75) is 6.04 Å². The molecule has 0 unspecified atom stereocenters. The zero-order valence-electron chi connectivity index (χ0n) is 24.8. The van der Waals surface area contributed by atoms with Gasteiger partial charge in [0.05, 0.1) is 60.5 Å². The van der Waals surface area contributed by atoms with Crippen LogP contribution in [0.15, 0.2) is 55.3 Å². The lowest BCUT2D eigenvalue weighted by atomic mass is 10.0. The molecule has 0 atom stereocenters. The molecule has 2 aliphatic rings. The molecule has 2 aliphatic heterocycles. The molecule has 4 aromatic rings. The number of hydrogen-bond donors (Lipinski definition) is 3. The topological polar surface area (TPSA) is 121 Å². The molecular formula is C32H32Cl2N6O5. The molecule has 234 valence electrons. The molecule has 4 heterocycles. The van der Waals surface area contributed by atoms with Gasteiger partial charge in [-0.3, -0.25) is 14.5 Å². The van der Waals surface area contributed by atoms with Gasteiger partial charge in [0.15, 0.2) is 5.78 Å². The zero-order valence-corrected chi connectivity index (χ0v) is 26.3. The molecule has 45 heavy (non-hydrogen) atoms. The number of anilines is 4. The van der Waals surface area contributed by atoms with Crippen molar-refractivity contribution in [1.82, 2.24) is 14.9 Å². The number of nitrogens with zero attached hydrogens (tertiary/aromatic N) is 3. The second kappa shape index (κ2) is 13.0. The highest BCUT2D eigenvalue weighted by Crippen LogP contribution is 2.42. The third kappa shape index (κ3) is 6.04. The van der Waals surface area contributed by atoms with Crippen LogP contribution in [0.25, 0.3) is 11.0 Å². The Morgan fingerprint density at radius 3 is 2.36 bits per heavy atom. The number of amides is 1. The maximum absolute atomic E-state index is 13.7. The fourth-order valence-corrected chi connectivity index (χ4v) is 6.20. The van der Waals surface area contributed by atoms with Crippen LogP contribution in [0.2, 0.25) is 10.0 Å². The first-order valence-electron chi connectivity index (χ1n) is 14.3. The number of piperazine rings is 1. The standard InChI is InChI=1S/C32H32Cl2N6O5/c1-4-27(41)37-23-13-18(39-9-11-40(12-10-39)19-16-45-17-19)5-7-22(23)36-26-8-6-20-21(15-35-32(20)38-26)31(42)28-29(33)24(43-2)14-25(44-3)30(28)34/h4-8,13-15,19H,1,9-12,16-17H2,2-3H3,(H,37,41)(H2,35,36,38). The van der Waals surface area contributed by atoms with E-state index in [0.717, 1.165) is 45.1 Å². The van der Waals surface area contributed by atoms with Crippen molar-refractivity contribution in [3.05, 3.63) is 76.4 Å². The first kappa shape index (κ1) is 30.7. The van der Waals surface area contributed by atoms with Gasteiger partial charge in [0.2, 0.25) is 5.91 Å². The number of H-pyrrole nitrogens is 1. The van der Waals surface area contributed by atoms with Gasteiger partial charge in [0, 0.05) is 55.1 Å². The van der Waals surface area contributed by atoms with Crippen LogP contribution in [0.4, 0.5) is 22.9 Å². The lowest BCUT2D eigenvalue weighted by Gasteiger charge is -2.43. The number of ether oxygens (including phenoxy) is 3. The van der Waals surface area contributed by atoms with Crippen molar-refractivity contribution in [2.24, 2.45) is 0 Å². The number of aromatic amines is 1. The Labute approximate surface area is 270 Å². The number of nitrogens with one attached hydrogen (secondary N) is 3. The Morgan fingerprint density at radius 2 is 1.73 bits per heavy atom. The van der Waals surface area contributed by atoms with Crippen LogP contribution in [0.3, 0.4) is 0 Å². The number of ketones is 1. The summed E-state index contributed by atoms with van der Waals surface area (Å²) in [7, 11) is 2.89. The number of hydrogen-bond acceptors (Lipinski definition) is 9. The molecule has 0 bridgehead atoms. The quantitative estimate of drug-likeness (QED) is 0.151. The highest BCUT2D eigenvalue weighted by atomic mass is 35.5. The summed E-state index contributed by atoms with van der Waals surface area (Å²) in [6, 6.07) is 11.5. The summed E-state index contributed by atoms with van der Waals surface area (Å²) in [6.07, 6.45) is 2.79. The molecule has 0 radical (unpaired) electrons. The largest absolute Gasteiger partial charge is 0.495 e. The molecule has 2 fully saturated rings. The Bertz CT molecular complexity index is 1750. The number of aromatic nitrogens is 2. The van der Waals surface area contributed by atoms with E-state index in [0.29, 0.717) is 39.8 Å². The Hall–Kier alpha value is -4.29. The third-order valence-electron chi connectivity index (χ3n) is 8.11. The average molecular weight is 652 g/mol. The summed E-state index contributed by atoms with van der Waals surface area (Å²) in [5, 5.41) is 6.95. The van der Waals surface area contributed by atoms with Crippen LogP contribution >= 0.6 is 23.2 Å². The summed E-state index contributed by atoms with van der Waals surface area (Å²) in [4.78, 5) is 38.5. The van der Waals surface area contributed by atoms with E-state index >= 15 is 0 Å². The molecule has 6 rings (SSSR count). The lowest BCUT2D eigenvalue weighted by molar-refractivity contribution is -0.111. The minimum Gasteiger partial charge on any atom is -0.495 e. The Kier molecular flexibility index (Phi) is 8.86. The lowest BCUT2D eigenvalue weighted by Crippen LogP contribution is -2.56. The van der Waals surface area contributed by atoms with Gasteiger partial charge in [-0.15, -0.1) is 0 Å². The van der Waals surface area contributed by atoms with Crippen LogP contribution in [0, 0.1) is 0 Å². The van der Waals surface area contributed by atoms with Crippen molar-refractivity contribution in [1.29, 1.82) is 0 Å². The summed E-state index contributed by atoms with van der Waals surface area (Å²) >= 11 is 13.0. The van der Waals surface area contributed by atoms with Gasteiger partial charge in [-0.1, -0.05) is 29.8 Å². The maximum Gasteiger partial charge on any atom is 0.247 e. The maximum atomic E-state index is 13.7. The molecular weight excluding hydrogens is 619 g/mol. The van der Waals surface area contributed by atoms with E-state index in [1.807, 2.05) is 18.2 Å². The van der Waals surface area contributed by atoms with Crippen molar-refractivity contribution in [2.75, 3.05) is 69.1 Å². The van der Waals surface area contributed by atoms with Gasteiger partial charge in [-0.05, 0) is 36.4 Å². The van der Waals surface area contributed by atoms with Gasteiger partial charge in [-0.25, -0.2) is 4.98 Å². The predicted molar refractivity (Wildman–Crippen MR) is 176 cm³/mol. The molecule has 11 nitrogen and oxygen atoms in total. The van der Waals surface area contributed by atoms with Gasteiger partial charge in [-0.2, -0.15) is 0 Å². The van der Waals surface area contributed by atoms with Crippen LogP contribution < -0.4 is 25.0 Å². The van der Waals surface area contributed by atoms with E-state index in [2.05, 4.69) is 37.0 Å². The van der Waals surface area contributed by atoms with Gasteiger partial charge >= 0.3 is 0 Å². The molecule has 0 spiro atoms. The van der Waals surface area contributed by atoms with E-state index in [4.69, 9.17) is 37.4 Å². The molecule has 2 aromatic heterocycles. The van der Waals surface area contributed by atoms with E-state index in [1.165, 1.54) is 26.4 Å². The van der Waals surface area contributed by atoms with E-state index in [-0.39, 0.29) is 33.0 Å². The molecule has 1 amide bonds. The number of rotatable bonds is 10. The van der Waals surface area contributed by atoms with Gasteiger partial charge in [0.25, 0.3) is 0 Å². The second-order valence-electron chi connectivity index (χ2n) is 10.7.